The van der Waals surface area contributed by atoms with Gasteiger partial charge in [-0.2, -0.15) is 13.8 Å². The van der Waals surface area contributed by atoms with E-state index in [2.05, 4.69) is 21.3 Å². The number of ether oxygens (including phenoxy) is 1. The van der Waals surface area contributed by atoms with Crippen LogP contribution in [0.3, 0.4) is 0 Å². The molecule has 0 radical (unpaired) electrons. The number of alkyl halides is 3. The predicted molar refractivity (Wildman–Crippen MR) is 43.8 cm³/mol. The van der Waals surface area contributed by atoms with Gasteiger partial charge in [0.2, 0.25) is 0 Å². The highest BCUT2D eigenvalue weighted by Gasteiger charge is 2.38. The quantitative estimate of drug-likeness (QED) is 0.587. The number of halogens is 3. The molecule has 0 aliphatic heterocycles. The molecule has 0 aliphatic rings. The summed E-state index contributed by atoms with van der Waals surface area (Å²) in [5, 5.41) is -2.60. The number of ketones is 1. The third-order valence-electron chi connectivity index (χ3n) is 1.15. The van der Waals surface area contributed by atoms with Gasteiger partial charge in [-0.1, -0.05) is 11.3 Å². The Morgan fingerprint density at radius 2 is 2.38 bits per heavy atom. The SMILES string of the molecule is COc1nc(C(=O)C(F)(F)Cl)cs1. The highest BCUT2D eigenvalue weighted by atomic mass is 35.5. The first kappa shape index (κ1) is 10.3. The average molecular weight is 228 g/mol. The van der Waals surface area contributed by atoms with Crippen LogP contribution in [0, 0.1) is 0 Å². The molecule has 1 heterocycles. The van der Waals surface area contributed by atoms with E-state index < -0.39 is 11.2 Å². The highest BCUT2D eigenvalue weighted by Crippen LogP contribution is 2.26. The summed E-state index contributed by atoms with van der Waals surface area (Å²) >= 11 is 5.46. The van der Waals surface area contributed by atoms with Crippen molar-refractivity contribution in [2.24, 2.45) is 0 Å². The summed E-state index contributed by atoms with van der Waals surface area (Å²) in [7, 11) is 1.33. The molecule has 0 bridgehead atoms. The summed E-state index contributed by atoms with van der Waals surface area (Å²) in [5.41, 5.74) is -0.387. The smallest absolute Gasteiger partial charge is 0.386 e. The molecule has 1 rings (SSSR count). The van der Waals surface area contributed by atoms with Crippen molar-refractivity contribution in [2.45, 2.75) is 5.38 Å². The first-order valence-corrected chi connectivity index (χ1v) is 4.32. The lowest BCUT2D eigenvalue weighted by Gasteiger charge is -2.02. The van der Waals surface area contributed by atoms with Gasteiger partial charge in [-0.05, 0) is 11.6 Å². The third-order valence-corrected chi connectivity index (χ3v) is 2.12. The Kier molecular flexibility index (Phi) is 2.82. The molecular weight excluding hydrogens is 224 g/mol. The zero-order chi connectivity index (χ0) is 10.1. The average Bonchev–Trinajstić information content (AvgIpc) is 2.48. The Morgan fingerprint density at radius 3 is 2.77 bits per heavy atom. The molecule has 0 aliphatic carbocycles. The molecule has 0 spiro atoms. The Balaban J connectivity index is 2.90. The zero-order valence-corrected chi connectivity index (χ0v) is 7.96. The number of rotatable bonds is 3. The van der Waals surface area contributed by atoms with Crippen molar-refractivity contribution in [1.29, 1.82) is 0 Å². The maximum Gasteiger partial charge on any atom is 0.386 e. The van der Waals surface area contributed by atoms with Gasteiger partial charge in [0.25, 0.3) is 11.0 Å². The fourth-order valence-electron chi connectivity index (χ4n) is 0.601. The van der Waals surface area contributed by atoms with Gasteiger partial charge in [0.05, 0.1) is 7.11 Å². The molecule has 3 nitrogen and oxygen atoms in total. The number of hydrogen-bond acceptors (Lipinski definition) is 4. The largest absolute Gasteiger partial charge is 0.473 e. The van der Waals surface area contributed by atoms with Crippen molar-refractivity contribution < 1.29 is 18.3 Å². The van der Waals surface area contributed by atoms with Crippen LogP contribution in [0.1, 0.15) is 10.5 Å². The normalized spacial score (nSPS) is 11.4. The van der Waals surface area contributed by atoms with E-state index in [1.807, 2.05) is 0 Å². The van der Waals surface area contributed by atoms with Gasteiger partial charge in [0.15, 0.2) is 0 Å². The van der Waals surface area contributed by atoms with Crippen LogP contribution in [-0.2, 0) is 0 Å². The molecule has 1 aromatic heterocycles. The number of carbonyl (C=O) groups is 1. The fourth-order valence-corrected chi connectivity index (χ4v) is 1.32. The lowest BCUT2D eigenvalue weighted by Crippen LogP contribution is -2.21. The Hall–Kier alpha value is -0.750. The van der Waals surface area contributed by atoms with Gasteiger partial charge < -0.3 is 4.74 Å². The second-order valence-electron chi connectivity index (χ2n) is 2.03. The van der Waals surface area contributed by atoms with Crippen molar-refractivity contribution in [3.63, 3.8) is 0 Å². The van der Waals surface area contributed by atoms with E-state index in [-0.39, 0.29) is 10.9 Å². The van der Waals surface area contributed by atoms with Crippen molar-refractivity contribution in [2.75, 3.05) is 7.11 Å². The van der Waals surface area contributed by atoms with Crippen molar-refractivity contribution >= 4 is 28.7 Å². The molecular formula is C6H4ClF2NO2S. The van der Waals surface area contributed by atoms with Crippen molar-refractivity contribution in [3.05, 3.63) is 11.1 Å². The summed E-state index contributed by atoms with van der Waals surface area (Å²) in [6.45, 7) is 0. The molecule has 0 saturated carbocycles. The van der Waals surface area contributed by atoms with Gasteiger partial charge in [-0.3, -0.25) is 4.79 Å². The predicted octanol–water partition coefficient (Wildman–Crippen LogP) is 2.17. The Morgan fingerprint density at radius 1 is 1.77 bits per heavy atom. The summed E-state index contributed by atoms with van der Waals surface area (Å²) < 4.78 is 29.1. The number of Topliss-reactive ketones (excluding diaryl/α,β-unsaturated/α-hetero) is 1. The molecule has 7 heteroatoms. The molecule has 0 N–H and O–H groups in total. The second-order valence-corrected chi connectivity index (χ2v) is 3.33. The topological polar surface area (TPSA) is 39.2 Å². The lowest BCUT2D eigenvalue weighted by molar-refractivity contribution is 0.0531. The van der Waals surface area contributed by atoms with E-state index in [0.29, 0.717) is 0 Å². The van der Waals surface area contributed by atoms with Gasteiger partial charge in [0.1, 0.15) is 5.69 Å². The maximum absolute atomic E-state index is 12.3. The summed E-state index contributed by atoms with van der Waals surface area (Å²) in [6.07, 6.45) is 0. The molecule has 0 atom stereocenters. The van der Waals surface area contributed by atoms with Gasteiger partial charge in [-0.15, -0.1) is 0 Å². The number of thiazole rings is 1. The molecule has 0 fully saturated rings. The number of aromatic nitrogens is 1. The molecule has 0 amide bonds. The minimum Gasteiger partial charge on any atom is -0.473 e. The minimum atomic E-state index is -3.90. The first-order valence-electron chi connectivity index (χ1n) is 3.06. The Labute approximate surface area is 81.3 Å². The number of carbonyl (C=O) groups excluding carboxylic acids is 1. The number of nitrogens with zero attached hydrogens (tertiary/aromatic N) is 1. The molecule has 0 saturated heterocycles. The standard InChI is InChI=1S/C6H4ClF2NO2S/c1-12-5-10-3(2-13-5)4(11)6(7,8)9/h2H,1H3. The van der Waals surface area contributed by atoms with Crippen LogP contribution in [0.5, 0.6) is 5.19 Å². The zero-order valence-electron chi connectivity index (χ0n) is 6.38. The van der Waals surface area contributed by atoms with Crippen LogP contribution < -0.4 is 4.74 Å². The summed E-state index contributed by atoms with van der Waals surface area (Å²) in [4.78, 5) is 14.3. The van der Waals surface area contributed by atoms with Crippen LogP contribution in [0.15, 0.2) is 5.38 Å². The molecule has 72 valence electrons. The van der Waals surface area contributed by atoms with E-state index in [4.69, 9.17) is 0 Å². The highest BCUT2D eigenvalue weighted by molar-refractivity contribution is 7.11. The molecule has 0 unspecified atom stereocenters. The van der Waals surface area contributed by atoms with E-state index in [0.717, 1.165) is 16.7 Å². The summed E-state index contributed by atoms with van der Waals surface area (Å²) in [6, 6.07) is 0. The first-order chi connectivity index (χ1) is 5.95. The number of methoxy groups -OCH3 is 1. The monoisotopic (exact) mass is 227 g/mol. The maximum atomic E-state index is 12.3. The van der Waals surface area contributed by atoms with E-state index in [9.17, 15) is 13.6 Å². The van der Waals surface area contributed by atoms with Crippen LogP contribution in [0.2, 0.25) is 0 Å². The summed E-state index contributed by atoms with van der Waals surface area (Å²) in [5.74, 6) is -1.52. The van der Waals surface area contributed by atoms with E-state index in [1.54, 1.807) is 0 Å². The lowest BCUT2D eigenvalue weighted by atomic mass is 10.3. The molecule has 1 aromatic rings. The van der Waals surface area contributed by atoms with E-state index in [1.165, 1.54) is 7.11 Å². The van der Waals surface area contributed by atoms with Gasteiger partial charge in [0, 0.05) is 5.38 Å². The van der Waals surface area contributed by atoms with Crippen LogP contribution >= 0.6 is 22.9 Å². The van der Waals surface area contributed by atoms with Gasteiger partial charge in [-0.25, -0.2) is 0 Å². The van der Waals surface area contributed by atoms with E-state index >= 15 is 0 Å². The van der Waals surface area contributed by atoms with Crippen molar-refractivity contribution in [1.82, 2.24) is 4.98 Å². The minimum absolute atomic E-state index is 0.143. The Bertz CT molecular complexity index is 323. The molecule has 13 heavy (non-hydrogen) atoms. The fraction of sp³-hybridized carbons (Fsp3) is 0.333. The van der Waals surface area contributed by atoms with Gasteiger partial charge >= 0.3 is 5.38 Å². The number of hydrogen-bond donors (Lipinski definition) is 0. The van der Waals surface area contributed by atoms with Crippen LogP contribution in [0.4, 0.5) is 8.78 Å². The second kappa shape index (κ2) is 3.55. The van der Waals surface area contributed by atoms with Crippen LogP contribution in [0.25, 0.3) is 0 Å². The van der Waals surface area contributed by atoms with Crippen LogP contribution in [-0.4, -0.2) is 23.3 Å². The van der Waals surface area contributed by atoms with Crippen molar-refractivity contribution in [3.8, 4) is 5.19 Å². The third kappa shape index (κ3) is 2.35. The molecule has 0 aromatic carbocycles.